The van der Waals surface area contributed by atoms with E-state index in [0.29, 0.717) is 4.99 Å². The Hall–Kier alpha value is -1.94. The molecule has 0 aliphatic carbocycles. The molecule has 1 aromatic heterocycles. The van der Waals surface area contributed by atoms with E-state index in [9.17, 15) is 0 Å². The molecule has 0 atom stereocenters. The Balaban J connectivity index is 2.13. The molecule has 1 heterocycles. The number of nitrogens with two attached hydrogens (primary N) is 1. The first-order valence-electron chi connectivity index (χ1n) is 7.05. The lowest BCUT2D eigenvalue weighted by atomic mass is 10.1. The molecule has 3 nitrogen and oxygen atoms in total. The quantitative estimate of drug-likeness (QED) is 0.832. The van der Waals surface area contributed by atoms with Crippen molar-refractivity contribution in [2.75, 3.05) is 11.9 Å². The van der Waals surface area contributed by atoms with Crippen LogP contribution in [0.1, 0.15) is 28.1 Å². The molecule has 0 saturated carbocycles. The van der Waals surface area contributed by atoms with Gasteiger partial charge in [-0.2, -0.15) is 0 Å². The van der Waals surface area contributed by atoms with Crippen molar-refractivity contribution in [1.82, 2.24) is 4.98 Å². The van der Waals surface area contributed by atoms with Crippen molar-refractivity contribution in [3.05, 3.63) is 58.4 Å². The van der Waals surface area contributed by atoms with Gasteiger partial charge in [0.1, 0.15) is 4.99 Å². The van der Waals surface area contributed by atoms with E-state index in [1.165, 1.54) is 11.1 Å². The Morgan fingerprint density at radius 3 is 2.62 bits per heavy atom. The molecule has 0 saturated heterocycles. The Morgan fingerprint density at radius 2 is 1.95 bits per heavy atom. The lowest BCUT2D eigenvalue weighted by Gasteiger charge is -2.14. The van der Waals surface area contributed by atoms with E-state index in [4.69, 9.17) is 18.0 Å². The van der Waals surface area contributed by atoms with Crippen LogP contribution in [0.15, 0.2) is 30.3 Å². The molecule has 0 radical (unpaired) electrons. The van der Waals surface area contributed by atoms with Gasteiger partial charge in [0.05, 0.1) is 5.56 Å². The SMILES string of the molecule is Cc1cc(NCCc2ccccc2C)c(C(N)=S)c(C)n1. The standard InChI is InChI=1S/C17H21N3S/c1-11-6-4-5-7-14(11)8-9-19-15-10-12(2)20-13(3)16(15)17(18)21/h4-7,10H,8-9H2,1-3H3,(H2,18,21)(H,19,20). The van der Waals surface area contributed by atoms with E-state index < -0.39 is 0 Å². The average Bonchev–Trinajstić information content (AvgIpc) is 2.39. The van der Waals surface area contributed by atoms with Crippen LogP contribution in [-0.4, -0.2) is 16.5 Å². The smallest absolute Gasteiger partial charge is 0.107 e. The highest BCUT2D eigenvalue weighted by molar-refractivity contribution is 7.80. The first kappa shape index (κ1) is 15.4. The molecule has 0 fully saturated rings. The maximum Gasteiger partial charge on any atom is 0.107 e. The molecule has 4 heteroatoms. The first-order valence-corrected chi connectivity index (χ1v) is 7.46. The van der Waals surface area contributed by atoms with E-state index in [1.54, 1.807) is 0 Å². The third kappa shape index (κ3) is 3.79. The molecule has 0 spiro atoms. The van der Waals surface area contributed by atoms with Gasteiger partial charge in [0.2, 0.25) is 0 Å². The maximum absolute atomic E-state index is 5.82. The van der Waals surface area contributed by atoms with E-state index in [-0.39, 0.29) is 0 Å². The summed E-state index contributed by atoms with van der Waals surface area (Å²) in [5, 5.41) is 3.44. The summed E-state index contributed by atoms with van der Waals surface area (Å²) in [6.45, 7) is 6.89. The van der Waals surface area contributed by atoms with Gasteiger partial charge in [-0.05, 0) is 44.4 Å². The van der Waals surface area contributed by atoms with Gasteiger partial charge in [0.15, 0.2) is 0 Å². The molecule has 0 aliphatic rings. The number of thiocarbonyl (C=S) groups is 1. The fourth-order valence-electron chi connectivity index (χ4n) is 2.50. The van der Waals surface area contributed by atoms with Crippen LogP contribution in [0.4, 0.5) is 5.69 Å². The molecule has 21 heavy (non-hydrogen) atoms. The molecule has 2 rings (SSSR count). The minimum absolute atomic E-state index is 0.387. The summed E-state index contributed by atoms with van der Waals surface area (Å²) in [6, 6.07) is 10.4. The van der Waals surface area contributed by atoms with Crippen LogP contribution in [-0.2, 0) is 6.42 Å². The van der Waals surface area contributed by atoms with E-state index >= 15 is 0 Å². The van der Waals surface area contributed by atoms with Gasteiger partial charge < -0.3 is 11.1 Å². The molecule has 0 unspecified atom stereocenters. The fraction of sp³-hybridized carbons (Fsp3) is 0.294. The second kappa shape index (κ2) is 6.68. The predicted molar refractivity (Wildman–Crippen MR) is 93.0 cm³/mol. The molecular weight excluding hydrogens is 278 g/mol. The lowest BCUT2D eigenvalue weighted by Crippen LogP contribution is -2.17. The van der Waals surface area contributed by atoms with Gasteiger partial charge in [0.25, 0.3) is 0 Å². The highest BCUT2D eigenvalue weighted by Gasteiger charge is 2.10. The maximum atomic E-state index is 5.82. The van der Waals surface area contributed by atoms with Gasteiger partial charge in [-0.3, -0.25) is 4.98 Å². The van der Waals surface area contributed by atoms with Crippen LogP contribution >= 0.6 is 12.2 Å². The summed E-state index contributed by atoms with van der Waals surface area (Å²) in [7, 11) is 0. The van der Waals surface area contributed by atoms with Crippen LogP contribution in [0.2, 0.25) is 0 Å². The zero-order valence-electron chi connectivity index (χ0n) is 12.7. The van der Waals surface area contributed by atoms with Gasteiger partial charge in [-0.25, -0.2) is 0 Å². The number of pyridine rings is 1. The second-order valence-electron chi connectivity index (χ2n) is 5.24. The van der Waals surface area contributed by atoms with Crippen molar-refractivity contribution in [2.24, 2.45) is 5.73 Å². The number of anilines is 1. The largest absolute Gasteiger partial charge is 0.389 e. The monoisotopic (exact) mass is 299 g/mol. The third-order valence-electron chi connectivity index (χ3n) is 3.55. The van der Waals surface area contributed by atoms with E-state index in [1.807, 2.05) is 19.9 Å². The predicted octanol–water partition coefficient (Wildman–Crippen LogP) is 3.30. The molecule has 1 aromatic carbocycles. The van der Waals surface area contributed by atoms with Crippen molar-refractivity contribution in [1.29, 1.82) is 0 Å². The van der Waals surface area contributed by atoms with Gasteiger partial charge in [-0.15, -0.1) is 0 Å². The number of aryl methyl sites for hydroxylation is 3. The second-order valence-corrected chi connectivity index (χ2v) is 5.68. The number of rotatable bonds is 5. The third-order valence-corrected chi connectivity index (χ3v) is 3.75. The highest BCUT2D eigenvalue weighted by atomic mass is 32.1. The minimum Gasteiger partial charge on any atom is -0.389 e. The summed E-state index contributed by atoms with van der Waals surface area (Å²) in [4.78, 5) is 4.82. The molecule has 3 N–H and O–H groups in total. The van der Waals surface area contributed by atoms with E-state index in [0.717, 1.165) is 35.6 Å². The molecular formula is C17H21N3S. The molecule has 110 valence electrons. The van der Waals surface area contributed by atoms with Gasteiger partial charge in [-0.1, -0.05) is 36.5 Å². The molecule has 2 aromatic rings. The van der Waals surface area contributed by atoms with Crippen LogP contribution < -0.4 is 11.1 Å². The zero-order chi connectivity index (χ0) is 15.4. The number of hydrogen-bond acceptors (Lipinski definition) is 3. The van der Waals surface area contributed by atoms with E-state index in [2.05, 4.69) is 41.5 Å². The van der Waals surface area contributed by atoms with Crippen LogP contribution in [0.25, 0.3) is 0 Å². The number of hydrogen-bond donors (Lipinski definition) is 2. The van der Waals surface area contributed by atoms with Crippen LogP contribution in [0.3, 0.4) is 0 Å². The zero-order valence-corrected chi connectivity index (χ0v) is 13.6. The number of aromatic nitrogens is 1. The van der Waals surface area contributed by atoms with Crippen molar-refractivity contribution in [2.45, 2.75) is 27.2 Å². The van der Waals surface area contributed by atoms with Crippen LogP contribution in [0, 0.1) is 20.8 Å². The number of benzene rings is 1. The summed E-state index contributed by atoms with van der Waals surface area (Å²) < 4.78 is 0. The van der Waals surface area contributed by atoms with Crippen molar-refractivity contribution < 1.29 is 0 Å². The number of nitrogens with one attached hydrogen (secondary N) is 1. The number of nitrogens with zero attached hydrogens (tertiary/aromatic N) is 1. The Bertz CT molecular complexity index is 665. The first-order chi connectivity index (χ1) is 9.99. The molecule has 0 aliphatic heterocycles. The Kier molecular flexibility index (Phi) is 4.91. The summed E-state index contributed by atoms with van der Waals surface area (Å²) in [6.07, 6.45) is 0.962. The lowest BCUT2D eigenvalue weighted by molar-refractivity contribution is 0.998. The fourth-order valence-corrected chi connectivity index (χ4v) is 2.76. The van der Waals surface area contributed by atoms with Gasteiger partial charge in [0, 0.05) is 23.6 Å². The van der Waals surface area contributed by atoms with Gasteiger partial charge >= 0.3 is 0 Å². The Labute approximate surface area is 131 Å². The minimum atomic E-state index is 0.387. The summed E-state index contributed by atoms with van der Waals surface area (Å²) in [5.74, 6) is 0. The summed E-state index contributed by atoms with van der Waals surface area (Å²) in [5.41, 5.74) is 12.2. The molecule has 0 bridgehead atoms. The van der Waals surface area contributed by atoms with Crippen molar-refractivity contribution in [3.8, 4) is 0 Å². The summed E-state index contributed by atoms with van der Waals surface area (Å²) >= 11 is 5.14. The highest BCUT2D eigenvalue weighted by Crippen LogP contribution is 2.20. The van der Waals surface area contributed by atoms with Crippen molar-refractivity contribution in [3.63, 3.8) is 0 Å². The average molecular weight is 299 g/mol. The normalized spacial score (nSPS) is 10.4. The Morgan fingerprint density at radius 1 is 1.24 bits per heavy atom. The van der Waals surface area contributed by atoms with Crippen LogP contribution in [0.5, 0.6) is 0 Å². The molecule has 0 amide bonds. The van der Waals surface area contributed by atoms with Crippen molar-refractivity contribution >= 4 is 22.9 Å². The topological polar surface area (TPSA) is 50.9 Å².